The van der Waals surface area contributed by atoms with Gasteiger partial charge < -0.3 is 19.5 Å². The Kier molecular flexibility index (Phi) is 4.24. The summed E-state index contributed by atoms with van der Waals surface area (Å²) in [4.78, 5) is 8.39. The van der Waals surface area contributed by atoms with Crippen molar-refractivity contribution in [1.82, 2.24) is 9.97 Å². The first-order valence-corrected chi connectivity index (χ1v) is 6.08. The van der Waals surface area contributed by atoms with Crippen molar-refractivity contribution in [1.29, 1.82) is 0 Å². The monoisotopic (exact) mass is 275 g/mol. The standard InChI is InChI=1S/C14H17N3O3/c1-9-8-16-14(15-2)17-13(9)20-12-6-10(18-3)5-11(7-12)19-4/h5-8H,1-4H3,(H,15,16,17). The Labute approximate surface area is 117 Å². The van der Waals surface area contributed by atoms with Gasteiger partial charge >= 0.3 is 0 Å². The van der Waals surface area contributed by atoms with Crippen LogP contribution >= 0.6 is 0 Å². The Bertz CT molecular complexity index is 580. The molecule has 1 aromatic heterocycles. The molecule has 0 atom stereocenters. The summed E-state index contributed by atoms with van der Waals surface area (Å²) in [5, 5.41) is 2.87. The lowest BCUT2D eigenvalue weighted by atomic mass is 10.3. The summed E-state index contributed by atoms with van der Waals surface area (Å²) in [7, 11) is 4.93. The minimum atomic E-state index is 0.486. The molecule has 106 valence electrons. The number of benzene rings is 1. The third-order valence-corrected chi connectivity index (χ3v) is 2.69. The second kappa shape index (κ2) is 6.10. The second-order valence-corrected chi connectivity index (χ2v) is 4.08. The van der Waals surface area contributed by atoms with Gasteiger partial charge in [0.2, 0.25) is 11.8 Å². The summed E-state index contributed by atoms with van der Waals surface area (Å²) in [6.07, 6.45) is 1.70. The molecule has 2 rings (SSSR count). The van der Waals surface area contributed by atoms with Gasteiger partial charge in [-0.2, -0.15) is 4.98 Å². The highest BCUT2D eigenvalue weighted by atomic mass is 16.5. The summed E-state index contributed by atoms with van der Waals surface area (Å²) in [5.41, 5.74) is 0.839. The van der Waals surface area contributed by atoms with Crippen molar-refractivity contribution in [3.63, 3.8) is 0 Å². The number of ether oxygens (including phenoxy) is 3. The highest BCUT2D eigenvalue weighted by Crippen LogP contribution is 2.31. The highest BCUT2D eigenvalue weighted by Gasteiger charge is 2.08. The second-order valence-electron chi connectivity index (χ2n) is 4.08. The van der Waals surface area contributed by atoms with Crippen LogP contribution in [0.2, 0.25) is 0 Å². The fourth-order valence-corrected chi connectivity index (χ4v) is 1.60. The van der Waals surface area contributed by atoms with Crippen molar-refractivity contribution >= 4 is 5.95 Å². The number of nitrogens with zero attached hydrogens (tertiary/aromatic N) is 2. The zero-order chi connectivity index (χ0) is 14.5. The first kappa shape index (κ1) is 13.9. The lowest BCUT2D eigenvalue weighted by Gasteiger charge is -2.11. The smallest absolute Gasteiger partial charge is 0.226 e. The molecule has 6 nitrogen and oxygen atoms in total. The van der Waals surface area contributed by atoms with Crippen molar-refractivity contribution in [2.24, 2.45) is 0 Å². The van der Waals surface area contributed by atoms with Crippen LogP contribution in [0.4, 0.5) is 5.95 Å². The molecule has 0 spiro atoms. The van der Waals surface area contributed by atoms with E-state index in [1.165, 1.54) is 0 Å². The third-order valence-electron chi connectivity index (χ3n) is 2.69. The number of nitrogens with one attached hydrogen (secondary N) is 1. The summed E-state index contributed by atoms with van der Waals surface area (Å²) in [5.74, 6) is 2.88. The summed E-state index contributed by atoms with van der Waals surface area (Å²) in [6.45, 7) is 1.88. The molecule has 6 heteroatoms. The number of hydrogen-bond donors (Lipinski definition) is 1. The minimum Gasteiger partial charge on any atom is -0.496 e. The predicted molar refractivity (Wildman–Crippen MR) is 75.9 cm³/mol. The molecule has 0 saturated heterocycles. The van der Waals surface area contributed by atoms with Crippen LogP contribution in [0.5, 0.6) is 23.1 Å². The minimum absolute atomic E-state index is 0.486. The number of aryl methyl sites for hydroxylation is 1. The Morgan fingerprint density at radius 1 is 1.00 bits per heavy atom. The van der Waals surface area contributed by atoms with Crippen molar-refractivity contribution in [2.75, 3.05) is 26.6 Å². The van der Waals surface area contributed by atoms with Gasteiger partial charge in [-0.25, -0.2) is 4.98 Å². The van der Waals surface area contributed by atoms with Crippen LogP contribution in [0.25, 0.3) is 0 Å². The van der Waals surface area contributed by atoms with Gasteiger partial charge in [-0.3, -0.25) is 0 Å². The first-order valence-electron chi connectivity index (χ1n) is 6.08. The number of anilines is 1. The van der Waals surface area contributed by atoms with E-state index >= 15 is 0 Å². The van der Waals surface area contributed by atoms with Crippen LogP contribution in [0.3, 0.4) is 0 Å². The normalized spacial score (nSPS) is 10.0. The van der Waals surface area contributed by atoms with Crippen molar-refractivity contribution in [2.45, 2.75) is 6.92 Å². The Hall–Kier alpha value is -2.50. The van der Waals surface area contributed by atoms with Crippen molar-refractivity contribution < 1.29 is 14.2 Å². The van der Waals surface area contributed by atoms with E-state index < -0.39 is 0 Å². The molecule has 1 heterocycles. The van der Waals surface area contributed by atoms with E-state index in [-0.39, 0.29) is 0 Å². The molecule has 0 radical (unpaired) electrons. The van der Waals surface area contributed by atoms with Gasteiger partial charge in [0, 0.05) is 37.0 Å². The van der Waals surface area contributed by atoms with E-state index in [0.717, 1.165) is 5.56 Å². The van der Waals surface area contributed by atoms with Gasteiger partial charge in [0.1, 0.15) is 17.2 Å². The summed E-state index contributed by atoms with van der Waals surface area (Å²) < 4.78 is 16.2. The molecular formula is C14H17N3O3. The SMILES string of the molecule is CNc1ncc(C)c(Oc2cc(OC)cc(OC)c2)n1. The van der Waals surface area contributed by atoms with E-state index in [9.17, 15) is 0 Å². The maximum Gasteiger partial charge on any atom is 0.226 e. The topological polar surface area (TPSA) is 65.5 Å². The van der Waals surface area contributed by atoms with Gasteiger partial charge in [0.15, 0.2) is 0 Å². The Morgan fingerprint density at radius 3 is 2.15 bits per heavy atom. The highest BCUT2D eigenvalue weighted by molar-refractivity contribution is 5.44. The molecule has 0 aliphatic carbocycles. The van der Waals surface area contributed by atoms with Crippen LogP contribution in [-0.4, -0.2) is 31.2 Å². The zero-order valence-electron chi connectivity index (χ0n) is 11.9. The van der Waals surface area contributed by atoms with E-state index in [4.69, 9.17) is 14.2 Å². The predicted octanol–water partition coefficient (Wildman–Crippen LogP) is 2.64. The zero-order valence-corrected chi connectivity index (χ0v) is 11.9. The number of hydrogen-bond acceptors (Lipinski definition) is 6. The molecule has 0 aliphatic rings. The number of aromatic nitrogens is 2. The third kappa shape index (κ3) is 3.09. The van der Waals surface area contributed by atoms with Crippen LogP contribution in [0, 0.1) is 6.92 Å². The van der Waals surface area contributed by atoms with Crippen LogP contribution < -0.4 is 19.5 Å². The molecule has 0 amide bonds. The largest absolute Gasteiger partial charge is 0.496 e. The van der Waals surface area contributed by atoms with E-state index in [2.05, 4.69) is 15.3 Å². The van der Waals surface area contributed by atoms with E-state index in [1.54, 1.807) is 45.7 Å². The maximum atomic E-state index is 5.79. The molecule has 0 aliphatic heterocycles. The fourth-order valence-electron chi connectivity index (χ4n) is 1.60. The fraction of sp³-hybridized carbons (Fsp3) is 0.286. The summed E-state index contributed by atoms with van der Waals surface area (Å²) in [6, 6.07) is 5.31. The molecule has 20 heavy (non-hydrogen) atoms. The van der Waals surface area contributed by atoms with Crippen LogP contribution in [0.1, 0.15) is 5.56 Å². The molecule has 1 aromatic carbocycles. The first-order chi connectivity index (χ1) is 9.66. The molecule has 0 bridgehead atoms. The van der Waals surface area contributed by atoms with Crippen LogP contribution in [-0.2, 0) is 0 Å². The lowest BCUT2D eigenvalue weighted by Crippen LogP contribution is -2.00. The van der Waals surface area contributed by atoms with Gasteiger partial charge in [-0.15, -0.1) is 0 Å². The number of methoxy groups -OCH3 is 2. The van der Waals surface area contributed by atoms with Gasteiger partial charge in [0.25, 0.3) is 0 Å². The lowest BCUT2D eigenvalue weighted by molar-refractivity contribution is 0.384. The average molecular weight is 275 g/mol. The Balaban J connectivity index is 2.33. The molecule has 0 unspecified atom stereocenters. The van der Waals surface area contributed by atoms with Gasteiger partial charge in [-0.05, 0) is 6.92 Å². The molecular weight excluding hydrogens is 258 g/mol. The number of rotatable bonds is 5. The van der Waals surface area contributed by atoms with Crippen molar-refractivity contribution in [3.05, 3.63) is 30.0 Å². The van der Waals surface area contributed by atoms with E-state index in [0.29, 0.717) is 29.1 Å². The quantitative estimate of drug-likeness (QED) is 0.905. The molecule has 2 aromatic rings. The van der Waals surface area contributed by atoms with Crippen LogP contribution in [0.15, 0.2) is 24.4 Å². The molecule has 1 N–H and O–H groups in total. The van der Waals surface area contributed by atoms with Crippen molar-refractivity contribution in [3.8, 4) is 23.1 Å². The van der Waals surface area contributed by atoms with Gasteiger partial charge in [0.05, 0.1) is 14.2 Å². The molecule has 0 saturated carbocycles. The summed E-state index contributed by atoms with van der Waals surface area (Å²) >= 11 is 0. The Morgan fingerprint density at radius 2 is 1.60 bits per heavy atom. The molecule has 0 fully saturated rings. The average Bonchev–Trinajstić information content (AvgIpc) is 2.49. The maximum absolute atomic E-state index is 5.79. The van der Waals surface area contributed by atoms with Gasteiger partial charge in [-0.1, -0.05) is 0 Å². The van der Waals surface area contributed by atoms with E-state index in [1.807, 2.05) is 6.92 Å².